The summed E-state index contributed by atoms with van der Waals surface area (Å²) in [5.41, 5.74) is 5.19. The molecule has 0 radical (unpaired) electrons. The molecule has 30 heavy (non-hydrogen) atoms. The minimum absolute atomic E-state index is 0.290. The van der Waals surface area contributed by atoms with Gasteiger partial charge >= 0.3 is 0 Å². The highest BCUT2D eigenvalue weighted by atomic mass is 32.2. The Morgan fingerprint density at radius 3 is 2.80 bits per heavy atom. The molecule has 1 saturated heterocycles. The van der Waals surface area contributed by atoms with Crippen LogP contribution in [-0.4, -0.2) is 33.7 Å². The third-order valence-electron chi connectivity index (χ3n) is 6.37. The SMILES string of the molecule is CCC1CCCCN1C(=O)CSc1cn(Cc2cc(C)ccc2C)c2ccccc12. The second-order valence-electron chi connectivity index (χ2n) is 8.50. The van der Waals surface area contributed by atoms with Crippen LogP contribution >= 0.6 is 11.8 Å². The number of thioether (sulfide) groups is 1. The summed E-state index contributed by atoms with van der Waals surface area (Å²) in [7, 11) is 0. The van der Waals surface area contributed by atoms with E-state index < -0.39 is 0 Å². The molecular formula is C26H32N2OS. The Labute approximate surface area is 184 Å². The van der Waals surface area contributed by atoms with Crippen molar-refractivity contribution >= 4 is 28.6 Å². The first-order valence-corrected chi connectivity index (χ1v) is 12.1. The molecule has 158 valence electrons. The Balaban J connectivity index is 1.55. The maximum Gasteiger partial charge on any atom is 0.233 e. The van der Waals surface area contributed by atoms with E-state index in [-0.39, 0.29) is 5.91 Å². The molecule has 1 atom stereocenters. The number of likely N-dealkylation sites (tertiary alicyclic amines) is 1. The highest BCUT2D eigenvalue weighted by Crippen LogP contribution is 2.32. The van der Waals surface area contributed by atoms with Crippen LogP contribution in [-0.2, 0) is 11.3 Å². The number of aromatic nitrogens is 1. The molecule has 1 aliphatic heterocycles. The van der Waals surface area contributed by atoms with Crippen molar-refractivity contribution in [1.82, 2.24) is 9.47 Å². The monoisotopic (exact) mass is 420 g/mol. The number of piperidine rings is 1. The van der Waals surface area contributed by atoms with Crippen LogP contribution in [0.5, 0.6) is 0 Å². The summed E-state index contributed by atoms with van der Waals surface area (Å²) in [6.07, 6.45) is 6.84. The number of para-hydroxylation sites is 1. The second kappa shape index (κ2) is 9.30. The normalized spacial score (nSPS) is 16.9. The fourth-order valence-electron chi connectivity index (χ4n) is 4.59. The summed E-state index contributed by atoms with van der Waals surface area (Å²) in [5, 5.41) is 1.24. The predicted octanol–water partition coefficient (Wildman–Crippen LogP) is 6.19. The van der Waals surface area contributed by atoms with Crippen LogP contribution in [0.25, 0.3) is 10.9 Å². The molecular weight excluding hydrogens is 388 g/mol. The van der Waals surface area contributed by atoms with Gasteiger partial charge in [0.25, 0.3) is 0 Å². The van der Waals surface area contributed by atoms with Gasteiger partial charge in [-0.1, -0.05) is 48.9 Å². The Kier molecular flexibility index (Phi) is 6.52. The van der Waals surface area contributed by atoms with Gasteiger partial charge < -0.3 is 9.47 Å². The maximum atomic E-state index is 13.0. The Bertz CT molecular complexity index is 1040. The first-order chi connectivity index (χ1) is 14.6. The molecule has 0 bridgehead atoms. The van der Waals surface area contributed by atoms with Gasteiger partial charge in [0.05, 0.1) is 5.75 Å². The molecule has 1 aromatic heterocycles. The first kappa shape index (κ1) is 21.0. The number of hydrogen-bond acceptors (Lipinski definition) is 2. The average molecular weight is 421 g/mol. The molecule has 1 amide bonds. The van der Waals surface area contributed by atoms with E-state index in [4.69, 9.17) is 0 Å². The number of benzene rings is 2. The van der Waals surface area contributed by atoms with Crippen molar-refractivity contribution < 1.29 is 4.79 Å². The highest BCUT2D eigenvalue weighted by Gasteiger charge is 2.25. The molecule has 3 aromatic rings. The summed E-state index contributed by atoms with van der Waals surface area (Å²) in [6.45, 7) is 8.30. The van der Waals surface area contributed by atoms with Gasteiger partial charge in [0.1, 0.15) is 0 Å². The largest absolute Gasteiger partial charge is 0.342 e. The van der Waals surface area contributed by atoms with E-state index in [1.807, 2.05) is 0 Å². The van der Waals surface area contributed by atoms with Crippen LogP contribution < -0.4 is 0 Å². The van der Waals surface area contributed by atoms with Crippen molar-refractivity contribution in [2.75, 3.05) is 12.3 Å². The van der Waals surface area contributed by atoms with Crippen LogP contribution in [0.15, 0.2) is 53.6 Å². The Morgan fingerprint density at radius 2 is 1.97 bits per heavy atom. The lowest BCUT2D eigenvalue weighted by atomic mass is 10.0. The minimum Gasteiger partial charge on any atom is -0.342 e. The van der Waals surface area contributed by atoms with E-state index in [1.165, 1.54) is 38.9 Å². The average Bonchev–Trinajstić information content (AvgIpc) is 3.12. The lowest BCUT2D eigenvalue weighted by molar-refractivity contribution is -0.132. The third kappa shape index (κ3) is 4.44. The van der Waals surface area contributed by atoms with E-state index >= 15 is 0 Å². The van der Waals surface area contributed by atoms with E-state index in [0.717, 1.165) is 32.4 Å². The molecule has 1 unspecified atom stereocenters. The van der Waals surface area contributed by atoms with Gasteiger partial charge in [-0.3, -0.25) is 4.79 Å². The molecule has 2 heterocycles. The van der Waals surface area contributed by atoms with Gasteiger partial charge in [0.2, 0.25) is 5.91 Å². The quantitative estimate of drug-likeness (QED) is 0.444. The number of carbonyl (C=O) groups is 1. The van der Waals surface area contributed by atoms with Crippen LogP contribution in [0, 0.1) is 13.8 Å². The molecule has 3 nitrogen and oxygen atoms in total. The van der Waals surface area contributed by atoms with Crippen LogP contribution in [0.3, 0.4) is 0 Å². The zero-order valence-corrected chi connectivity index (χ0v) is 19.2. The van der Waals surface area contributed by atoms with Crippen LogP contribution in [0.1, 0.15) is 49.3 Å². The van der Waals surface area contributed by atoms with Gasteiger partial charge in [0.15, 0.2) is 0 Å². The number of fused-ring (bicyclic) bond motifs is 1. The zero-order chi connectivity index (χ0) is 21.1. The second-order valence-corrected chi connectivity index (χ2v) is 9.52. The molecule has 4 heteroatoms. The lowest BCUT2D eigenvalue weighted by Crippen LogP contribution is -2.44. The van der Waals surface area contributed by atoms with E-state index in [1.54, 1.807) is 11.8 Å². The van der Waals surface area contributed by atoms with Gasteiger partial charge in [-0.15, -0.1) is 11.8 Å². The molecule has 0 saturated carbocycles. The molecule has 2 aromatic carbocycles. The summed E-state index contributed by atoms with van der Waals surface area (Å²) >= 11 is 1.69. The number of carbonyl (C=O) groups excluding carboxylic acids is 1. The Hall–Kier alpha value is -2.20. The summed E-state index contributed by atoms with van der Waals surface area (Å²) in [6, 6.07) is 15.6. The molecule has 0 spiro atoms. The highest BCUT2D eigenvalue weighted by molar-refractivity contribution is 8.00. The van der Waals surface area contributed by atoms with E-state index in [0.29, 0.717) is 11.8 Å². The predicted molar refractivity (Wildman–Crippen MR) is 127 cm³/mol. The van der Waals surface area contributed by atoms with Gasteiger partial charge in [0, 0.05) is 41.1 Å². The number of rotatable bonds is 6. The van der Waals surface area contributed by atoms with Crippen molar-refractivity contribution in [3.63, 3.8) is 0 Å². The van der Waals surface area contributed by atoms with Crippen molar-refractivity contribution in [1.29, 1.82) is 0 Å². The van der Waals surface area contributed by atoms with E-state index in [2.05, 4.69) is 78.9 Å². The summed E-state index contributed by atoms with van der Waals surface area (Å²) in [4.78, 5) is 16.3. The molecule has 0 aliphatic carbocycles. The van der Waals surface area contributed by atoms with Crippen LogP contribution in [0.4, 0.5) is 0 Å². The van der Waals surface area contributed by atoms with Crippen molar-refractivity contribution in [2.45, 2.75) is 63.9 Å². The van der Waals surface area contributed by atoms with Crippen molar-refractivity contribution in [3.05, 3.63) is 65.4 Å². The summed E-state index contributed by atoms with van der Waals surface area (Å²) < 4.78 is 2.33. The first-order valence-electron chi connectivity index (χ1n) is 11.1. The van der Waals surface area contributed by atoms with Crippen molar-refractivity contribution in [3.8, 4) is 0 Å². The Morgan fingerprint density at radius 1 is 1.13 bits per heavy atom. The standard InChI is InChI=1S/C26H32N2OS/c1-4-22-9-7-8-14-28(22)26(29)18-30-25-17-27(24-11-6-5-10-23(24)25)16-21-15-19(2)12-13-20(21)3/h5-6,10-13,15,17,22H,4,7-9,14,16,18H2,1-3H3. The number of amides is 1. The maximum absolute atomic E-state index is 13.0. The molecule has 0 N–H and O–H groups in total. The third-order valence-corrected chi connectivity index (χ3v) is 7.39. The number of aryl methyl sites for hydroxylation is 2. The van der Waals surface area contributed by atoms with Gasteiger partial charge in [-0.05, 0) is 56.7 Å². The topological polar surface area (TPSA) is 25.2 Å². The summed E-state index contributed by atoms with van der Waals surface area (Å²) in [5.74, 6) is 0.812. The number of nitrogens with zero attached hydrogens (tertiary/aromatic N) is 2. The van der Waals surface area contributed by atoms with Crippen molar-refractivity contribution in [2.24, 2.45) is 0 Å². The van der Waals surface area contributed by atoms with E-state index in [9.17, 15) is 4.79 Å². The fraction of sp³-hybridized carbons (Fsp3) is 0.423. The minimum atomic E-state index is 0.290. The van der Waals surface area contributed by atoms with Gasteiger partial charge in [-0.2, -0.15) is 0 Å². The number of hydrogen-bond donors (Lipinski definition) is 0. The lowest BCUT2D eigenvalue weighted by Gasteiger charge is -2.35. The van der Waals surface area contributed by atoms with Crippen LogP contribution in [0.2, 0.25) is 0 Å². The molecule has 1 fully saturated rings. The molecule has 1 aliphatic rings. The van der Waals surface area contributed by atoms with Gasteiger partial charge in [-0.25, -0.2) is 0 Å². The fourth-order valence-corrected chi connectivity index (χ4v) is 5.56. The molecule has 4 rings (SSSR count). The smallest absolute Gasteiger partial charge is 0.233 e. The zero-order valence-electron chi connectivity index (χ0n) is 18.4.